The molecule has 0 radical (unpaired) electrons. The summed E-state index contributed by atoms with van der Waals surface area (Å²) in [4.78, 5) is 11.7. The van der Waals surface area contributed by atoms with Gasteiger partial charge in [-0.2, -0.15) is 0 Å². The van der Waals surface area contributed by atoms with Crippen molar-refractivity contribution in [2.24, 2.45) is 0 Å². The van der Waals surface area contributed by atoms with Crippen molar-refractivity contribution in [3.8, 4) is 0 Å². The number of aryl methyl sites for hydroxylation is 2. The van der Waals surface area contributed by atoms with Gasteiger partial charge in [-0.1, -0.05) is 6.07 Å². The lowest BCUT2D eigenvalue weighted by molar-refractivity contribution is 0.0952. The molecular weight excluding hydrogens is 207 g/mol. The summed E-state index contributed by atoms with van der Waals surface area (Å²) in [5.41, 5.74) is 8.73. The minimum Gasteiger partial charge on any atom is -0.398 e. The van der Waals surface area contributed by atoms with Crippen LogP contribution in [0.3, 0.4) is 0 Å². The number of nitrogen functional groups attached to an aromatic ring is 1. The van der Waals surface area contributed by atoms with Crippen LogP contribution in [0.15, 0.2) is 12.1 Å². The normalized spacial score (nSPS) is 10.2. The molecule has 0 atom stereocenters. The summed E-state index contributed by atoms with van der Waals surface area (Å²) in [6.07, 6.45) is 0.339. The third-order valence-electron chi connectivity index (χ3n) is 2.45. The number of hydrogen-bond acceptors (Lipinski definition) is 2. The highest BCUT2D eigenvalue weighted by Gasteiger charge is 2.10. The molecule has 0 unspecified atom stereocenters. The van der Waals surface area contributed by atoms with Crippen LogP contribution in [0.25, 0.3) is 0 Å². The first-order valence-electron chi connectivity index (χ1n) is 5.27. The van der Waals surface area contributed by atoms with E-state index in [1.54, 1.807) is 6.07 Å². The minimum absolute atomic E-state index is 0.197. The smallest absolute Gasteiger partial charge is 0.251 e. The summed E-state index contributed by atoms with van der Waals surface area (Å²) >= 11 is 0. The second-order valence-electron chi connectivity index (χ2n) is 3.82. The summed E-state index contributed by atoms with van der Waals surface area (Å²) in [7, 11) is 0. The molecule has 0 fully saturated rings. The highest BCUT2D eigenvalue weighted by atomic mass is 19.1. The molecule has 0 saturated heterocycles. The molecular formula is C12H17FN2O. The van der Waals surface area contributed by atoms with Gasteiger partial charge in [-0.25, -0.2) is 0 Å². The molecule has 1 aromatic carbocycles. The first-order chi connectivity index (χ1) is 7.56. The Morgan fingerprint density at radius 2 is 2.06 bits per heavy atom. The van der Waals surface area contributed by atoms with E-state index in [-0.39, 0.29) is 5.91 Å². The number of benzene rings is 1. The average Bonchev–Trinajstić information content (AvgIpc) is 2.23. The number of amides is 1. The Hall–Kier alpha value is -1.58. The molecule has 0 heterocycles. The van der Waals surface area contributed by atoms with E-state index in [4.69, 9.17) is 5.73 Å². The molecule has 1 rings (SSSR count). The first-order valence-corrected chi connectivity index (χ1v) is 5.27. The largest absolute Gasteiger partial charge is 0.398 e. The Bertz CT molecular complexity index is 391. The summed E-state index contributed by atoms with van der Waals surface area (Å²) in [6.45, 7) is 3.68. The lowest BCUT2D eigenvalue weighted by Gasteiger charge is -2.09. The third kappa shape index (κ3) is 2.95. The number of nitrogens with one attached hydrogen (secondary N) is 1. The van der Waals surface area contributed by atoms with Crippen molar-refractivity contribution in [1.82, 2.24) is 5.32 Å². The van der Waals surface area contributed by atoms with E-state index in [9.17, 15) is 9.18 Å². The van der Waals surface area contributed by atoms with Crippen molar-refractivity contribution < 1.29 is 9.18 Å². The number of halogens is 1. The van der Waals surface area contributed by atoms with Crippen molar-refractivity contribution >= 4 is 11.6 Å². The van der Waals surface area contributed by atoms with Gasteiger partial charge in [0.15, 0.2) is 0 Å². The van der Waals surface area contributed by atoms with Gasteiger partial charge in [0.2, 0.25) is 0 Å². The Labute approximate surface area is 94.8 Å². The molecule has 0 aliphatic carbocycles. The number of alkyl halides is 1. The average molecular weight is 224 g/mol. The molecule has 0 aromatic heterocycles. The summed E-state index contributed by atoms with van der Waals surface area (Å²) < 4.78 is 11.9. The van der Waals surface area contributed by atoms with E-state index in [0.29, 0.717) is 24.2 Å². The van der Waals surface area contributed by atoms with Gasteiger partial charge in [0, 0.05) is 17.8 Å². The van der Waals surface area contributed by atoms with Crippen molar-refractivity contribution in [3.63, 3.8) is 0 Å². The first kappa shape index (κ1) is 12.5. The molecule has 1 aromatic rings. The zero-order chi connectivity index (χ0) is 12.1. The predicted molar refractivity (Wildman–Crippen MR) is 63.3 cm³/mol. The van der Waals surface area contributed by atoms with Gasteiger partial charge in [0.05, 0.1) is 6.67 Å². The van der Waals surface area contributed by atoms with Crippen molar-refractivity contribution in [2.45, 2.75) is 20.3 Å². The van der Waals surface area contributed by atoms with E-state index >= 15 is 0 Å². The molecule has 1 amide bonds. The number of carbonyl (C=O) groups excluding carboxylic acids is 1. The fourth-order valence-corrected chi connectivity index (χ4v) is 1.48. The maximum Gasteiger partial charge on any atom is 0.251 e. The fourth-order valence-electron chi connectivity index (χ4n) is 1.48. The molecule has 4 heteroatoms. The molecule has 16 heavy (non-hydrogen) atoms. The topological polar surface area (TPSA) is 55.1 Å². The Balaban J connectivity index is 2.79. The van der Waals surface area contributed by atoms with Crippen LogP contribution < -0.4 is 11.1 Å². The van der Waals surface area contributed by atoms with E-state index in [1.807, 2.05) is 19.9 Å². The Kier molecular flexibility index (Phi) is 4.28. The van der Waals surface area contributed by atoms with Gasteiger partial charge >= 0.3 is 0 Å². The van der Waals surface area contributed by atoms with E-state index in [2.05, 4.69) is 5.32 Å². The highest BCUT2D eigenvalue weighted by Crippen LogP contribution is 2.17. The summed E-state index contributed by atoms with van der Waals surface area (Å²) in [6, 6.07) is 3.54. The van der Waals surface area contributed by atoms with Gasteiger partial charge in [0.25, 0.3) is 5.91 Å². The molecule has 88 valence electrons. The van der Waals surface area contributed by atoms with Crippen LogP contribution in [0.2, 0.25) is 0 Å². The van der Waals surface area contributed by atoms with Crippen LogP contribution in [0.4, 0.5) is 10.1 Å². The third-order valence-corrected chi connectivity index (χ3v) is 2.45. The number of nitrogens with two attached hydrogens (primary N) is 1. The second-order valence-corrected chi connectivity index (χ2v) is 3.82. The van der Waals surface area contributed by atoms with Crippen molar-refractivity contribution in [3.05, 3.63) is 28.8 Å². The van der Waals surface area contributed by atoms with Gasteiger partial charge in [-0.15, -0.1) is 0 Å². The van der Waals surface area contributed by atoms with Crippen molar-refractivity contribution in [2.75, 3.05) is 19.0 Å². The van der Waals surface area contributed by atoms with E-state index in [0.717, 1.165) is 11.1 Å². The maximum absolute atomic E-state index is 11.9. The monoisotopic (exact) mass is 224 g/mol. The quantitative estimate of drug-likeness (QED) is 0.607. The van der Waals surface area contributed by atoms with Crippen LogP contribution >= 0.6 is 0 Å². The number of anilines is 1. The fraction of sp³-hybridized carbons (Fsp3) is 0.417. The SMILES string of the molecule is Cc1cc(C)c(C(=O)NCCCF)cc1N. The maximum atomic E-state index is 11.9. The molecule has 3 nitrogen and oxygen atoms in total. The zero-order valence-electron chi connectivity index (χ0n) is 9.64. The second kappa shape index (κ2) is 5.49. The Morgan fingerprint density at radius 1 is 1.38 bits per heavy atom. The molecule has 3 N–H and O–H groups in total. The lowest BCUT2D eigenvalue weighted by atomic mass is 10.0. The zero-order valence-corrected chi connectivity index (χ0v) is 9.64. The van der Waals surface area contributed by atoms with Crippen molar-refractivity contribution in [1.29, 1.82) is 0 Å². The van der Waals surface area contributed by atoms with Crippen LogP contribution in [0.5, 0.6) is 0 Å². The lowest BCUT2D eigenvalue weighted by Crippen LogP contribution is -2.25. The van der Waals surface area contributed by atoms with Gasteiger partial charge in [-0.3, -0.25) is 9.18 Å². The van der Waals surface area contributed by atoms with Gasteiger partial charge < -0.3 is 11.1 Å². The van der Waals surface area contributed by atoms with E-state index in [1.165, 1.54) is 0 Å². The molecule has 0 bridgehead atoms. The molecule has 0 aliphatic heterocycles. The number of rotatable bonds is 4. The van der Waals surface area contributed by atoms with Crippen LogP contribution in [0, 0.1) is 13.8 Å². The molecule has 0 aliphatic rings. The van der Waals surface area contributed by atoms with Crippen LogP contribution in [-0.2, 0) is 0 Å². The standard InChI is InChI=1S/C12H17FN2O/c1-8-6-9(2)11(14)7-10(8)12(16)15-5-3-4-13/h6-7H,3-5,14H2,1-2H3,(H,15,16). The Morgan fingerprint density at radius 3 is 2.69 bits per heavy atom. The molecule has 0 saturated carbocycles. The van der Waals surface area contributed by atoms with E-state index < -0.39 is 6.67 Å². The number of carbonyl (C=O) groups is 1. The summed E-state index contributed by atoms with van der Waals surface area (Å²) in [5, 5.41) is 2.65. The van der Waals surface area contributed by atoms with Gasteiger partial charge in [-0.05, 0) is 37.5 Å². The minimum atomic E-state index is -0.421. The number of hydrogen-bond donors (Lipinski definition) is 2. The van der Waals surface area contributed by atoms with Crippen LogP contribution in [-0.4, -0.2) is 19.1 Å². The summed E-state index contributed by atoms with van der Waals surface area (Å²) in [5.74, 6) is -0.197. The highest BCUT2D eigenvalue weighted by molar-refractivity contribution is 5.96. The molecule has 0 spiro atoms. The predicted octanol–water partition coefficient (Wildman–Crippen LogP) is 1.98. The van der Waals surface area contributed by atoms with Crippen LogP contribution in [0.1, 0.15) is 27.9 Å². The van der Waals surface area contributed by atoms with Gasteiger partial charge in [0.1, 0.15) is 0 Å².